The molecule has 1 heterocycles. The van der Waals surface area contributed by atoms with Gasteiger partial charge in [0.2, 0.25) is 0 Å². The maximum Gasteiger partial charge on any atom is 0.119 e. The fourth-order valence-corrected chi connectivity index (χ4v) is 2.95. The number of nitrogens with zero attached hydrogens (tertiary/aromatic N) is 2. The largest absolute Gasteiger partial charge is 0.493 e. The fourth-order valence-electron chi connectivity index (χ4n) is 1.96. The Morgan fingerprint density at radius 2 is 2.24 bits per heavy atom. The highest BCUT2D eigenvalue weighted by Gasteiger charge is 2.11. The van der Waals surface area contributed by atoms with E-state index in [2.05, 4.69) is 11.1 Å². The van der Waals surface area contributed by atoms with Gasteiger partial charge >= 0.3 is 0 Å². The Hall–Kier alpha value is -1.90. The highest BCUT2D eigenvalue weighted by atomic mass is 32.1. The molecule has 0 aliphatic rings. The molecule has 4 nitrogen and oxygen atoms in total. The van der Waals surface area contributed by atoms with Gasteiger partial charge in [-0.25, -0.2) is 4.98 Å². The monoisotopic (exact) mass is 302 g/mol. The average molecular weight is 302 g/mol. The van der Waals surface area contributed by atoms with Crippen LogP contribution in [-0.4, -0.2) is 18.7 Å². The molecular weight excluding hydrogens is 284 g/mol. The standard InChI is InChI=1S/C16H18N2O2S/c1-12-4-3-5-13(10-12)20-9-7-16-18-14(11-19-2)15(21-16)6-8-17/h3-5,10H,6-7,9,11H2,1-2H3. The summed E-state index contributed by atoms with van der Waals surface area (Å²) in [6.45, 7) is 3.07. The summed E-state index contributed by atoms with van der Waals surface area (Å²) in [5.74, 6) is 0.876. The van der Waals surface area contributed by atoms with Crippen molar-refractivity contribution in [3.05, 3.63) is 45.4 Å². The van der Waals surface area contributed by atoms with E-state index in [4.69, 9.17) is 14.7 Å². The number of rotatable bonds is 7. The number of thiazole rings is 1. The number of aryl methyl sites for hydroxylation is 1. The molecule has 0 N–H and O–H groups in total. The normalized spacial score (nSPS) is 10.3. The van der Waals surface area contributed by atoms with Crippen LogP contribution in [0.15, 0.2) is 24.3 Å². The molecule has 0 spiro atoms. The molecule has 0 atom stereocenters. The minimum absolute atomic E-state index is 0.384. The first-order chi connectivity index (χ1) is 10.2. The first kappa shape index (κ1) is 15.5. The molecule has 0 fully saturated rings. The molecule has 110 valence electrons. The molecule has 2 aromatic rings. The van der Waals surface area contributed by atoms with Crippen LogP contribution in [0.4, 0.5) is 0 Å². The molecule has 0 amide bonds. The number of benzene rings is 1. The Kier molecular flexibility index (Phi) is 5.73. The van der Waals surface area contributed by atoms with E-state index >= 15 is 0 Å². The highest BCUT2D eigenvalue weighted by Crippen LogP contribution is 2.21. The molecule has 0 radical (unpaired) electrons. The van der Waals surface area contributed by atoms with E-state index in [0.717, 1.165) is 27.7 Å². The van der Waals surface area contributed by atoms with Gasteiger partial charge in [0.25, 0.3) is 0 Å². The minimum atomic E-state index is 0.384. The zero-order valence-corrected chi connectivity index (χ0v) is 13.1. The number of ether oxygens (including phenoxy) is 2. The third-order valence-corrected chi connectivity index (χ3v) is 4.07. The predicted octanol–water partition coefficient (Wildman–Crippen LogP) is 3.29. The molecule has 1 aromatic heterocycles. The van der Waals surface area contributed by atoms with Gasteiger partial charge in [0, 0.05) is 18.4 Å². The summed E-state index contributed by atoms with van der Waals surface area (Å²) in [5.41, 5.74) is 2.05. The number of hydrogen-bond donors (Lipinski definition) is 0. The van der Waals surface area contributed by atoms with Crippen LogP contribution in [0.3, 0.4) is 0 Å². The second-order valence-electron chi connectivity index (χ2n) is 4.66. The molecule has 0 aliphatic heterocycles. The number of nitriles is 1. The van der Waals surface area contributed by atoms with Gasteiger partial charge in [0.05, 0.1) is 36.4 Å². The minimum Gasteiger partial charge on any atom is -0.493 e. The molecule has 0 aliphatic carbocycles. The first-order valence-corrected chi connectivity index (χ1v) is 7.57. The van der Waals surface area contributed by atoms with Crippen LogP contribution < -0.4 is 4.74 Å². The van der Waals surface area contributed by atoms with Crippen molar-refractivity contribution in [2.24, 2.45) is 0 Å². The van der Waals surface area contributed by atoms with Gasteiger partial charge in [-0.15, -0.1) is 11.3 Å². The van der Waals surface area contributed by atoms with Gasteiger partial charge in [0.1, 0.15) is 5.75 Å². The van der Waals surface area contributed by atoms with Gasteiger partial charge in [0.15, 0.2) is 0 Å². The van der Waals surface area contributed by atoms with Crippen LogP contribution in [0.1, 0.15) is 21.1 Å². The molecule has 0 saturated heterocycles. The number of aromatic nitrogens is 1. The molecule has 2 rings (SSSR count). The van der Waals surface area contributed by atoms with Crippen LogP contribution in [0.25, 0.3) is 0 Å². The Balaban J connectivity index is 1.94. The van der Waals surface area contributed by atoms with Gasteiger partial charge in [-0.2, -0.15) is 5.26 Å². The summed E-state index contributed by atoms with van der Waals surface area (Å²) in [7, 11) is 1.63. The van der Waals surface area contributed by atoms with Crippen LogP contribution in [0, 0.1) is 18.3 Å². The van der Waals surface area contributed by atoms with Gasteiger partial charge < -0.3 is 9.47 Å². The third-order valence-electron chi connectivity index (χ3n) is 2.92. The van der Waals surface area contributed by atoms with Crippen molar-refractivity contribution in [1.29, 1.82) is 5.26 Å². The van der Waals surface area contributed by atoms with Crippen LogP contribution in [0.5, 0.6) is 5.75 Å². The van der Waals surface area contributed by atoms with E-state index in [9.17, 15) is 0 Å². The van der Waals surface area contributed by atoms with Crippen molar-refractivity contribution < 1.29 is 9.47 Å². The summed E-state index contributed by atoms with van der Waals surface area (Å²) in [4.78, 5) is 5.52. The van der Waals surface area contributed by atoms with E-state index in [-0.39, 0.29) is 0 Å². The molecule has 1 aromatic carbocycles. The van der Waals surface area contributed by atoms with E-state index < -0.39 is 0 Å². The number of methoxy groups -OCH3 is 1. The van der Waals surface area contributed by atoms with Crippen LogP contribution in [-0.2, 0) is 24.2 Å². The Labute approximate surface area is 129 Å². The Bertz CT molecular complexity index is 631. The van der Waals surface area contributed by atoms with Crippen molar-refractivity contribution in [1.82, 2.24) is 4.98 Å². The van der Waals surface area contributed by atoms with Crippen molar-refractivity contribution >= 4 is 11.3 Å². The average Bonchev–Trinajstić information content (AvgIpc) is 2.82. The van der Waals surface area contributed by atoms with Crippen LogP contribution in [0.2, 0.25) is 0 Å². The number of hydrogen-bond acceptors (Lipinski definition) is 5. The zero-order chi connectivity index (χ0) is 15.1. The van der Waals surface area contributed by atoms with E-state index in [1.54, 1.807) is 18.4 Å². The maximum atomic E-state index is 8.84. The highest BCUT2D eigenvalue weighted by molar-refractivity contribution is 7.11. The lowest BCUT2D eigenvalue weighted by Crippen LogP contribution is -2.01. The lowest BCUT2D eigenvalue weighted by molar-refractivity contribution is 0.181. The maximum absolute atomic E-state index is 8.84. The summed E-state index contributed by atoms with van der Waals surface area (Å²) >= 11 is 1.57. The summed E-state index contributed by atoms with van der Waals surface area (Å²) in [6, 6.07) is 10.2. The summed E-state index contributed by atoms with van der Waals surface area (Å²) in [5, 5.41) is 9.82. The predicted molar refractivity (Wildman–Crippen MR) is 82.5 cm³/mol. The fraction of sp³-hybridized carbons (Fsp3) is 0.375. The van der Waals surface area contributed by atoms with Crippen LogP contribution >= 0.6 is 11.3 Å². The van der Waals surface area contributed by atoms with Crippen molar-refractivity contribution in [3.63, 3.8) is 0 Å². The molecule has 0 bridgehead atoms. The van der Waals surface area contributed by atoms with Crippen molar-refractivity contribution in [2.75, 3.05) is 13.7 Å². The topological polar surface area (TPSA) is 55.1 Å². The lowest BCUT2D eigenvalue weighted by atomic mass is 10.2. The molecule has 0 saturated carbocycles. The second-order valence-corrected chi connectivity index (χ2v) is 5.83. The van der Waals surface area contributed by atoms with Gasteiger partial charge in [-0.1, -0.05) is 12.1 Å². The van der Waals surface area contributed by atoms with E-state index in [1.807, 2.05) is 31.2 Å². The lowest BCUT2D eigenvalue weighted by Gasteiger charge is -2.05. The van der Waals surface area contributed by atoms with Gasteiger partial charge in [-0.3, -0.25) is 0 Å². The SMILES string of the molecule is COCc1nc(CCOc2cccc(C)c2)sc1CC#N. The van der Waals surface area contributed by atoms with E-state index in [1.165, 1.54) is 5.56 Å². The zero-order valence-electron chi connectivity index (χ0n) is 12.3. The Morgan fingerprint density at radius 3 is 2.95 bits per heavy atom. The first-order valence-electron chi connectivity index (χ1n) is 6.75. The third kappa shape index (κ3) is 4.55. The second kappa shape index (κ2) is 7.77. The molecule has 0 unspecified atom stereocenters. The van der Waals surface area contributed by atoms with Crippen molar-refractivity contribution in [2.45, 2.75) is 26.4 Å². The molecular formula is C16H18N2O2S. The summed E-state index contributed by atoms with van der Waals surface area (Å²) < 4.78 is 10.8. The smallest absolute Gasteiger partial charge is 0.119 e. The summed E-state index contributed by atoms with van der Waals surface area (Å²) in [6.07, 6.45) is 1.12. The molecule has 5 heteroatoms. The van der Waals surface area contributed by atoms with Gasteiger partial charge in [-0.05, 0) is 24.6 Å². The Morgan fingerprint density at radius 1 is 1.38 bits per heavy atom. The van der Waals surface area contributed by atoms with E-state index in [0.29, 0.717) is 19.6 Å². The molecule has 21 heavy (non-hydrogen) atoms. The quantitative estimate of drug-likeness (QED) is 0.787. The van der Waals surface area contributed by atoms with Crippen molar-refractivity contribution in [3.8, 4) is 11.8 Å².